The second kappa shape index (κ2) is 5.25. The van der Waals surface area contributed by atoms with Crippen LogP contribution in [-0.2, 0) is 11.2 Å². The largest absolute Gasteiger partial charge is 0.381 e. The normalized spacial score (nSPS) is 24.5. The van der Waals surface area contributed by atoms with Gasteiger partial charge in [0, 0.05) is 30.7 Å². The molecule has 1 aliphatic rings. The van der Waals surface area contributed by atoms with E-state index in [9.17, 15) is 10.1 Å². The van der Waals surface area contributed by atoms with E-state index in [2.05, 4.69) is 0 Å². The SMILES string of the molecule is NC1CCOCC1Cc1ccc([N+](=O)[O-])cc1. The Bertz CT molecular complexity index is 391. The van der Waals surface area contributed by atoms with Crippen LogP contribution in [0.25, 0.3) is 0 Å². The van der Waals surface area contributed by atoms with Gasteiger partial charge in [0.15, 0.2) is 0 Å². The number of nitrogens with zero attached hydrogens (tertiary/aromatic N) is 1. The van der Waals surface area contributed by atoms with Gasteiger partial charge in [-0.05, 0) is 18.4 Å². The standard InChI is InChI=1S/C12H16N2O3/c13-12-5-6-17-8-10(12)7-9-1-3-11(4-2-9)14(15)16/h1-4,10,12H,5-8,13H2. The van der Waals surface area contributed by atoms with E-state index in [1.807, 2.05) is 0 Å². The number of rotatable bonds is 3. The minimum Gasteiger partial charge on any atom is -0.381 e. The molecular formula is C12H16N2O3. The average molecular weight is 236 g/mol. The second-order valence-electron chi connectivity index (χ2n) is 4.42. The molecule has 0 radical (unpaired) electrons. The van der Waals surface area contributed by atoms with Crippen molar-refractivity contribution in [1.29, 1.82) is 0 Å². The number of nitrogens with two attached hydrogens (primary N) is 1. The van der Waals surface area contributed by atoms with Crippen LogP contribution in [0.1, 0.15) is 12.0 Å². The summed E-state index contributed by atoms with van der Waals surface area (Å²) in [6, 6.07) is 6.81. The van der Waals surface area contributed by atoms with Crippen LogP contribution in [0.5, 0.6) is 0 Å². The molecular weight excluding hydrogens is 220 g/mol. The number of nitro benzene ring substituents is 1. The van der Waals surface area contributed by atoms with Crippen LogP contribution in [0.2, 0.25) is 0 Å². The molecule has 1 saturated heterocycles. The van der Waals surface area contributed by atoms with E-state index in [1.165, 1.54) is 12.1 Å². The summed E-state index contributed by atoms with van der Waals surface area (Å²) in [6.07, 6.45) is 1.71. The fourth-order valence-electron chi connectivity index (χ4n) is 2.08. The molecule has 1 fully saturated rings. The van der Waals surface area contributed by atoms with Gasteiger partial charge in [0.2, 0.25) is 0 Å². The van der Waals surface area contributed by atoms with Gasteiger partial charge in [-0.15, -0.1) is 0 Å². The Balaban J connectivity index is 2.00. The lowest BCUT2D eigenvalue weighted by Gasteiger charge is -2.28. The molecule has 0 saturated carbocycles. The number of nitro groups is 1. The van der Waals surface area contributed by atoms with E-state index in [0.29, 0.717) is 12.5 Å². The summed E-state index contributed by atoms with van der Waals surface area (Å²) >= 11 is 0. The summed E-state index contributed by atoms with van der Waals surface area (Å²) in [5.74, 6) is 0.310. The molecule has 1 heterocycles. The van der Waals surface area contributed by atoms with Gasteiger partial charge < -0.3 is 10.5 Å². The van der Waals surface area contributed by atoms with Crippen molar-refractivity contribution in [2.45, 2.75) is 18.9 Å². The smallest absolute Gasteiger partial charge is 0.269 e. The Kier molecular flexibility index (Phi) is 3.71. The molecule has 0 aromatic heterocycles. The zero-order chi connectivity index (χ0) is 12.3. The molecule has 0 bridgehead atoms. The Morgan fingerprint density at radius 2 is 2.12 bits per heavy atom. The minimum atomic E-state index is -0.390. The summed E-state index contributed by atoms with van der Waals surface area (Å²) < 4.78 is 5.40. The first-order valence-corrected chi connectivity index (χ1v) is 5.73. The van der Waals surface area contributed by atoms with E-state index < -0.39 is 0 Å². The number of non-ortho nitro benzene ring substituents is 1. The first-order valence-electron chi connectivity index (χ1n) is 5.73. The first kappa shape index (κ1) is 12.0. The zero-order valence-corrected chi connectivity index (χ0v) is 9.54. The summed E-state index contributed by atoms with van der Waals surface area (Å²) in [4.78, 5) is 10.1. The van der Waals surface area contributed by atoms with Gasteiger partial charge in [0.1, 0.15) is 0 Å². The van der Waals surface area contributed by atoms with Gasteiger partial charge in [-0.25, -0.2) is 0 Å². The molecule has 1 aliphatic heterocycles. The Morgan fingerprint density at radius 3 is 2.71 bits per heavy atom. The number of hydrogen-bond acceptors (Lipinski definition) is 4. The fraction of sp³-hybridized carbons (Fsp3) is 0.500. The molecule has 2 atom stereocenters. The maximum Gasteiger partial charge on any atom is 0.269 e. The Labute approximate surface area is 99.7 Å². The third kappa shape index (κ3) is 3.01. The molecule has 1 aromatic carbocycles. The lowest BCUT2D eigenvalue weighted by molar-refractivity contribution is -0.384. The Hall–Kier alpha value is -1.46. The van der Waals surface area contributed by atoms with E-state index in [0.717, 1.165) is 25.0 Å². The molecule has 2 unspecified atom stereocenters. The van der Waals surface area contributed by atoms with E-state index in [4.69, 9.17) is 10.5 Å². The van der Waals surface area contributed by atoms with Crippen molar-refractivity contribution in [2.75, 3.05) is 13.2 Å². The van der Waals surface area contributed by atoms with Crippen LogP contribution in [0, 0.1) is 16.0 Å². The third-order valence-corrected chi connectivity index (χ3v) is 3.18. The predicted molar refractivity (Wildman–Crippen MR) is 63.7 cm³/mol. The second-order valence-corrected chi connectivity index (χ2v) is 4.42. The summed E-state index contributed by atoms with van der Waals surface area (Å²) in [7, 11) is 0. The van der Waals surface area contributed by atoms with E-state index in [1.54, 1.807) is 12.1 Å². The molecule has 2 rings (SSSR count). The number of hydrogen-bond donors (Lipinski definition) is 1. The van der Waals surface area contributed by atoms with Crippen LogP contribution in [0.4, 0.5) is 5.69 Å². The predicted octanol–water partition coefficient (Wildman–Crippen LogP) is 1.50. The van der Waals surface area contributed by atoms with E-state index in [-0.39, 0.29) is 16.7 Å². The van der Waals surface area contributed by atoms with Crippen molar-refractivity contribution in [1.82, 2.24) is 0 Å². The average Bonchev–Trinajstić information content (AvgIpc) is 2.33. The topological polar surface area (TPSA) is 78.4 Å². The van der Waals surface area contributed by atoms with Gasteiger partial charge in [-0.3, -0.25) is 10.1 Å². The lowest BCUT2D eigenvalue weighted by Crippen LogP contribution is -2.39. The summed E-state index contributed by atoms with van der Waals surface area (Å²) in [6.45, 7) is 1.41. The van der Waals surface area contributed by atoms with Crippen molar-refractivity contribution in [2.24, 2.45) is 11.7 Å². The minimum absolute atomic E-state index is 0.123. The highest BCUT2D eigenvalue weighted by molar-refractivity contribution is 5.33. The zero-order valence-electron chi connectivity index (χ0n) is 9.54. The molecule has 0 amide bonds. The van der Waals surface area contributed by atoms with Crippen LogP contribution < -0.4 is 5.73 Å². The van der Waals surface area contributed by atoms with Crippen molar-refractivity contribution in [3.05, 3.63) is 39.9 Å². The first-order chi connectivity index (χ1) is 8.16. The molecule has 17 heavy (non-hydrogen) atoms. The van der Waals surface area contributed by atoms with Gasteiger partial charge in [-0.2, -0.15) is 0 Å². The van der Waals surface area contributed by atoms with Crippen LogP contribution in [0.3, 0.4) is 0 Å². The maximum absolute atomic E-state index is 10.5. The summed E-state index contributed by atoms with van der Waals surface area (Å²) in [5.41, 5.74) is 7.21. The molecule has 1 aromatic rings. The van der Waals surface area contributed by atoms with Crippen molar-refractivity contribution in [3.63, 3.8) is 0 Å². The van der Waals surface area contributed by atoms with Crippen molar-refractivity contribution in [3.8, 4) is 0 Å². The highest BCUT2D eigenvalue weighted by Crippen LogP contribution is 2.20. The van der Waals surface area contributed by atoms with Gasteiger partial charge >= 0.3 is 0 Å². The maximum atomic E-state index is 10.5. The Morgan fingerprint density at radius 1 is 1.41 bits per heavy atom. The van der Waals surface area contributed by atoms with Crippen molar-refractivity contribution < 1.29 is 9.66 Å². The number of benzene rings is 1. The monoisotopic (exact) mass is 236 g/mol. The molecule has 2 N–H and O–H groups in total. The quantitative estimate of drug-likeness (QED) is 0.637. The highest BCUT2D eigenvalue weighted by atomic mass is 16.6. The van der Waals surface area contributed by atoms with Gasteiger partial charge in [-0.1, -0.05) is 12.1 Å². The van der Waals surface area contributed by atoms with Crippen molar-refractivity contribution >= 4 is 5.69 Å². The fourth-order valence-corrected chi connectivity index (χ4v) is 2.08. The molecule has 5 heteroatoms. The molecule has 5 nitrogen and oxygen atoms in total. The molecule has 92 valence electrons. The van der Waals surface area contributed by atoms with E-state index >= 15 is 0 Å². The van der Waals surface area contributed by atoms with Gasteiger partial charge in [0.25, 0.3) is 5.69 Å². The molecule has 0 spiro atoms. The van der Waals surface area contributed by atoms with Crippen LogP contribution in [0.15, 0.2) is 24.3 Å². The molecule has 0 aliphatic carbocycles. The third-order valence-electron chi connectivity index (χ3n) is 3.18. The summed E-state index contributed by atoms with van der Waals surface area (Å²) in [5, 5.41) is 10.5. The van der Waals surface area contributed by atoms with Crippen LogP contribution >= 0.6 is 0 Å². The lowest BCUT2D eigenvalue weighted by atomic mass is 9.90. The van der Waals surface area contributed by atoms with Crippen LogP contribution in [-0.4, -0.2) is 24.2 Å². The van der Waals surface area contributed by atoms with Gasteiger partial charge in [0.05, 0.1) is 11.5 Å². The number of ether oxygens (including phenoxy) is 1. The highest BCUT2D eigenvalue weighted by Gasteiger charge is 2.22.